The van der Waals surface area contributed by atoms with Crippen LogP contribution >= 0.6 is 0 Å². The first-order chi connectivity index (χ1) is 9.98. The molecule has 0 saturated carbocycles. The molecule has 118 valence electrons. The molecule has 0 aliphatic carbocycles. The highest BCUT2D eigenvalue weighted by Gasteiger charge is 2.19. The number of hydrogen-bond donors (Lipinski definition) is 2. The number of benzene rings is 1. The molecular weight excluding hydrogens is 270 g/mol. The number of nitrogen functional groups attached to an aromatic ring is 1. The van der Waals surface area contributed by atoms with Gasteiger partial charge in [-0.1, -0.05) is 0 Å². The molecule has 6 heteroatoms. The van der Waals surface area contributed by atoms with Crippen LogP contribution in [0.15, 0.2) is 12.1 Å². The summed E-state index contributed by atoms with van der Waals surface area (Å²) in [6.07, 6.45) is 0. The number of likely N-dealkylation sites (N-methyl/N-ethyl adjacent to an activating group) is 1. The van der Waals surface area contributed by atoms with Crippen LogP contribution in [-0.4, -0.2) is 44.2 Å². The number of carbonyl (C=O) groups excluding carboxylic acids is 1. The van der Waals surface area contributed by atoms with Gasteiger partial charge in [-0.3, -0.25) is 4.79 Å². The first-order valence-electron chi connectivity index (χ1n) is 7.05. The first kappa shape index (κ1) is 16.9. The van der Waals surface area contributed by atoms with Crippen molar-refractivity contribution in [2.75, 3.05) is 38.4 Å². The zero-order valence-corrected chi connectivity index (χ0v) is 13.4. The van der Waals surface area contributed by atoms with Crippen molar-refractivity contribution >= 4 is 17.3 Å². The molecule has 0 aromatic heterocycles. The summed E-state index contributed by atoms with van der Waals surface area (Å²) >= 11 is 0. The van der Waals surface area contributed by atoms with Crippen LogP contribution in [0.3, 0.4) is 0 Å². The van der Waals surface area contributed by atoms with Crippen molar-refractivity contribution in [2.45, 2.75) is 26.8 Å². The van der Waals surface area contributed by atoms with Crippen LogP contribution in [0.4, 0.5) is 11.4 Å². The van der Waals surface area contributed by atoms with Crippen molar-refractivity contribution in [1.82, 2.24) is 4.90 Å². The minimum absolute atomic E-state index is 0.0363. The van der Waals surface area contributed by atoms with E-state index in [4.69, 9.17) is 15.2 Å². The topological polar surface area (TPSA) is 76.8 Å². The molecule has 1 unspecified atom stereocenters. The molecule has 1 aromatic rings. The Morgan fingerprint density at radius 2 is 1.76 bits per heavy atom. The lowest BCUT2D eigenvalue weighted by Crippen LogP contribution is -2.41. The summed E-state index contributed by atoms with van der Waals surface area (Å²) in [5, 5.41) is 3.13. The second kappa shape index (κ2) is 7.61. The van der Waals surface area contributed by atoms with Gasteiger partial charge in [0.2, 0.25) is 5.91 Å². The van der Waals surface area contributed by atoms with Crippen LogP contribution in [0, 0.1) is 0 Å². The second-order valence-corrected chi connectivity index (χ2v) is 4.67. The van der Waals surface area contributed by atoms with E-state index in [0.717, 1.165) is 0 Å². The van der Waals surface area contributed by atoms with Gasteiger partial charge < -0.3 is 25.4 Å². The summed E-state index contributed by atoms with van der Waals surface area (Å²) < 4.78 is 10.4. The maximum Gasteiger partial charge on any atom is 0.244 e. The highest BCUT2D eigenvalue weighted by Crippen LogP contribution is 2.35. The molecule has 3 N–H and O–H groups in total. The fourth-order valence-corrected chi connectivity index (χ4v) is 2.12. The van der Waals surface area contributed by atoms with E-state index in [2.05, 4.69) is 5.32 Å². The van der Waals surface area contributed by atoms with Crippen LogP contribution in [0.25, 0.3) is 0 Å². The molecule has 0 aliphatic rings. The third-order valence-corrected chi connectivity index (χ3v) is 3.37. The minimum Gasteiger partial charge on any atom is -0.493 e. The first-order valence-corrected chi connectivity index (χ1v) is 7.05. The van der Waals surface area contributed by atoms with E-state index in [-0.39, 0.29) is 11.9 Å². The standard InChI is InChI=1S/C15H25N3O3/c1-6-18(7-2)15(19)10(3)17-12-9-14(21-5)13(20-4)8-11(12)16/h8-10,17H,6-7,16H2,1-5H3. The lowest BCUT2D eigenvalue weighted by molar-refractivity contribution is -0.131. The van der Waals surface area contributed by atoms with Crippen molar-refractivity contribution in [3.05, 3.63) is 12.1 Å². The second-order valence-electron chi connectivity index (χ2n) is 4.67. The van der Waals surface area contributed by atoms with E-state index in [1.165, 1.54) is 0 Å². The molecule has 1 atom stereocenters. The number of nitrogens with one attached hydrogen (secondary N) is 1. The monoisotopic (exact) mass is 295 g/mol. The number of methoxy groups -OCH3 is 2. The molecule has 0 aliphatic heterocycles. The lowest BCUT2D eigenvalue weighted by atomic mass is 10.2. The van der Waals surface area contributed by atoms with Crippen molar-refractivity contribution in [1.29, 1.82) is 0 Å². The van der Waals surface area contributed by atoms with Crippen LogP contribution in [0.2, 0.25) is 0 Å². The van der Waals surface area contributed by atoms with E-state index in [1.54, 1.807) is 31.3 Å². The summed E-state index contributed by atoms with van der Waals surface area (Å²) in [6.45, 7) is 7.10. The number of amides is 1. The summed E-state index contributed by atoms with van der Waals surface area (Å²) in [5.41, 5.74) is 7.15. The number of nitrogens with zero attached hydrogens (tertiary/aromatic N) is 1. The summed E-state index contributed by atoms with van der Waals surface area (Å²) in [4.78, 5) is 14.0. The summed E-state index contributed by atoms with van der Waals surface area (Å²) in [6, 6.07) is 3.04. The number of ether oxygens (including phenoxy) is 2. The van der Waals surface area contributed by atoms with Crippen molar-refractivity contribution in [3.8, 4) is 11.5 Å². The minimum atomic E-state index is -0.370. The van der Waals surface area contributed by atoms with Gasteiger partial charge in [0.15, 0.2) is 11.5 Å². The molecule has 0 heterocycles. The Morgan fingerprint density at radius 1 is 1.24 bits per heavy atom. The summed E-state index contributed by atoms with van der Waals surface area (Å²) in [5.74, 6) is 1.16. The molecular formula is C15H25N3O3. The van der Waals surface area contributed by atoms with Crippen LogP contribution in [0.5, 0.6) is 11.5 Å². The molecule has 1 rings (SSSR count). The molecule has 0 radical (unpaired) electrons. The predicted molar refractivity (Wildman–Crippen MR) is 85.0 cm³/mol. The Balaban J connectivity index is 2.94. The van der Waals surface area contributed by atoms with Crippen LogP contribution in [0.1, 0.15) is 20.8 Å². The number of anilines is 2. The zero-order valence-electron chi connectivity index (χ0n) is 13.4. The Labute approximate surface area is 126 Å². The van der Waals surface area contributed by atoms with E-state index < -0.39 is 0 Å². The lowest BCUT2D eigenvalue weighted by Gasteiger charge is -2.25. The molecule has 0 spiro atoms. The van der Waals surface area contributed by atoms with E-state index in [1.807, 2.05) is 20.8 Å². The van der Waals surface area contributed by atoms with Gasteiger partial charge in [0.25, 0.3) is 0 Å². The number of hydrogen-bond acceptors (Lipinski definition) is 5. The van der Waals surface area contributed by atoms with Gasteiger partial charge in [-0.25, -0.2) is 0 Å². The van der Waals surface area contributed by atoms with E-state index in [0.29, 0.717) is 36.0 Å². The Morgan fingerprint density at radius 3 is 2.24 bits per heavy atom. The van der Waals surface area contributed by atoms with Gasteiger partial charge in [-0.15, -0.1) is 0 Å². The molecule has 6 nitrogen and oxygen atoms in total. The Kier molecular flexibility index (Phi) is 6.14. The molecule has 1 aromatic carbocycles. The number of carbonyl (C=O) groups is 1. The predicted octanol–water partition coefficient (Wildman–Crippen LogP) is 1.95. The molecule has 0 fully saturated rings. The van der Waals surface area contributed by atoms with Gasteiger partial charge >= 0.3 is 0 Å². The summed E-state index contributed by atoms with van der Waals surface area (Å²) in [7, 11) is 3.11. The molecule has 0 saturated heterocycles. The highest BCUT2D eigenvalue weighted by atomic mass is 16.5. The number of rotatable bonds is 7. The zero-order chi connectivity index (χ0) is 16.0. The smallest absolute Gasteiger partial charge is 0.244 e. The van der Waals surface area contributed by atoms with Crippen molar-refractivity contribution < 1.29 is 14.3 Å². The van der Waals surface area contributed by atoms with Gasteiger partial charge in [-0.05, 0) is 20.8 Å². The third kappa shape index (κ3) is 3.93. The average Bonchev–Trinajstić information content (AvgIpc) is 2.49. The fourth-order valence-electron chi connectivity index (χ4n) is 2.12. The van der Waals surface area contributed by atoms with Gasteiger partial charge in [0.1, 0.15) is 6.04 Å². The highest BCUT2D eigenvalue weighted by molar-refractivity contribution is 5.86. The largest absolute Gasteiger partial charge is 0.493 e. The maximum absolute atomic E-state index is 12.3. The Bertz CT molecular complexity index is 487. The maximum atomic E-state index is 12.3. The van der Waals surface area contributed by atoms with E-state index in [9.17, 15) is 4.79 Å². The van der Waals surface area contributed by atoms with Gasteiger partial charge in [-0.2, -0.15) is 0 Å². The third-order valence-electron chi connectivity index (χ3n) is 3.37. The van der Waals surface area contributed by atoms with Gasteiger partial charge in [0, 0.05) is 25.2 Å². The quantitative estimate of drug-likeness (QED) is 0.752. The van der Waals surface area contributed by atoms with Crippen molar-refractivity contribution in [3.63, 3.8) is 0 Å². The molecule has 21 heavy (non-hydrogen) atoms. The SMILES string of the molecule is CCN(CC)C(=O)C(C)Nc1cc(OC)c(OC)cc1N. The average molecular weight is 295 g/mol. The van der Waals surface area contributed by atoms with Crippen molar-refractivity contribution in [2.24, 2.45) is 0 Å². The normalized spacial score (nSPS) is 11.7. The Hall–Kier alpha value is -2.11. The van der Waals surface area contributed by atoms with Gasteiger partial charge in [0.05, 0.1) is 25.6 Å². The van der Waals surface area contributed by atoms with E-state index >= 15 is 0 Å². The fraction of sp³-hybridized carbons (Fsp3) is 0.533. The molecule has 0 bridgehead atoms. The number of nitrogens with two attached hydrogens (primary N) is 1. The molecule has 1 amide bonds. The van der Waals surface area contributed by atoms with Crippen LogP contribution < -0.4 is 20.5 Å². The van der Waals surface area contributed by atoms with Crippen LogP contribution in [-0.2, 0) is 4.79 Å².